The number of rotatable bonds is 5. The summed E-state index contributed by atoms with van der Waals surface area (Å²) in [6, 6.07) is 87.2. The minimum atomic E-state index is -0.463. The molecule has 1 aromatic heterocycles. The fraction of sp³-hybridized carbons (Fsp3) is 0.0159. The van der Waals surface area contributed by atoms with Crippen LogP contribution in [-0.2, 0) is 5.41 Å². The lowest BCUT2D eigenvalue weighted by Gasteiger charge is -2.32. The number of furan rings is 1. The molecule has 14 rings (SSSR count). The highest BCUT2D eigenvalue weighted by atomic mass is 16.3. The van der Waals surface area contributed by atoms with Gasteiger partial charge >= 0.3 is 0 Å². The van der Waals surface area contributed by atoms with Crippen molar-refractivity contribution in [3.05, 3.63) is 259 Å². The second-order valence-electron chi connectivity index (χ2n) is 17.5. The van der Waals surface area contributed by atoms with Crippen LogP contribution in [-0.4, -0.2) is 0 Å². The minimum absolute atomic E-state index is 0.463. The summed E-state index contributed by atoms with van der Waals surface area (Å²) < 4.78 is 6.62. The Bertz CT molecular complexity index is 3860. The molecule has 0 atom stereocenters. The van der Waals surface area contributed by atoms with Crippen molar-refractivity contribution in [3.63, 3.8) is 0 Å². The van der Waals surface area contributed by atoms with Gasteiger partial charge in [0.25, 0.3) is 0 Å². The van der Waals surface area contributed by atoms with Crippen molar-refractivity contribution in [2.45, 2.75) is 5.41 Å². The van der Waals surface area contributed by atoms with Crippen molar-refractivity contribution in [2.24, 2.45) is 0 Å². The lowest BCUT2D eigenvalue weighted by Crippen LogP contribution is -2.26. The third-order valence-corrected chi connectivity index (χ3v) is 14.3. The third-order valence-electron chi connectivity index (χ3n) is 14.3. The predicted molar refractivity (Wildman–Crippen MR) is 271 cm³/mol. The second kappa shape index (κ2) is 13.8. The first-order valence-electron chi connectivity index (χ1n) is 22.5. The van der Waals surface area contributed by atoms with Crippen LogP contribution in [0.1, 0.15) is 22.3 Å². The number of benzene rings is 11. The summed E-state index contributed by atoms with van der Waals surface area (Å²) in [5.41, 5.74) is 19.8. The summed E-state index contributed by atoms with van der Waals surface area (Å²) in [5, 5.41) is 7.01. The largest absolute Gasteiger partial charge is 0.455 e. The SMILES string of the molecule is c1ccc(N(c2ccc(-c3cccc4ccccc34)cc2)c2cccc3c2-c2ccccc2C32c3ccccc3-c3ccccc32)c(-c2ccc3ccc4c5ccccc5oc4c3c2)c1. The van der Waals surface area contributed by atoms with Gasteiger partial charge in [0.2, 0.25) is 0 Å². The van der Waals surface area contributed by atoms with E-state index in [1.165, 1.54) is 66.4 Å². The molecular weight excluding hydrogens is 787 g/mol. The summed E-state index contributed by atoms with van der Waals surface area (Å²) in [5.74, 6) is 0. The summed E-state index contributed by atoms with van der Waals surface area (Å²) in [7, 11) is 0. The molecule has 0 bridgehead atoms. The van der Waals surface area contributed by atoms with Crippen molar-refractivity contribution >= 4 is 60.5 Å². The highest BCUT2D eigenvalue weighted by molar-refractivity contribution is 6.16. The molecule has 0 fully saturated rings. The Morgan fingerprint density at radius 1 is 0.323 bits per heavy atom. The van der Waals surface area contributed by atoms with E-state index in [1.54, 1.807) is 0 Å². The highest BCUT2D eigenvalue weighted by Crippen LogP contribution is 2.65. The first-order valence-corrected chi connectivity index (χ1v) is 22.5. The minimum Gasteiger partial charge on any atom is -0.455 e. The van der Waals surface area contributed by atoms with Crippen LogP contribution in [0.5, 0.6) is 0 Å². The molecule has 0 N–H and O–H groups in total. The van der Waals surface area contributed by atoms with Crippen molar-refractivity contribution in [2.75, 3.05) is 4.90 Å². The van der Waals surface area contributed by atoms with Gasteiger partial charge in [0.1, 0.15) is 11.2 Å². The zero-order valence-electron chi connectivity index (χ0n) is 35.4. The van der Waals surface area contributed by atoms with Gasteiger partial charge < -0.3 is 9.32 Å². The van der Waals surface area contributed by atoms with E-state index in [-0.39, 0.29) is 0 Å². The molecule has 0 amide bonds. The molecule has 0 unspecified atom stereocenters. The number of anilines is 3. The van der Waals surface area contributed by atoms with Gasteiger partial charge in [-0.25, -0.2) is 0 Å². The lowest BCUT2D eigenvalue weighted by molar-refractivity contribution is 0.672. The van der Waals surface area contributed by atoms with E-state index < -0.39 is 5.41 Å². The molecule has 65 heavy (non-hydrogen) atoms. The highest BCUT2D eigenvalue weighted by Gasteiger charge is 2.52. The van der Waals surface area contributed by atoms with Gasteiger partial charge in [-0.2, -0.15) is 0 Å². The molecule has 1 heterocycles. The van der Waals surface area contributed by atoms with E-state index in [1.807, 2.05) is 6.07 Å². The van der Waals surface area contributed by atoms with E-state index in [0.29, 0.717) is 0 Å². The van der Waals surface area contributed by atoms with Crippen LogP contribution in [0.15, 0.2) is 241 Å². The van der Waals surface area contributed by atoms with Gasteiger partial charge in [0.05, 0.1) is 16.8 Å². The molecule has 2 nitrogen and oxygen atoms in total. The fourth-order valence-corrected chi connectivity index (χ4v) is 11.6. The molecule has 1 spiro atoms. The Kier molecular flexibility index (Phi) is 7.64. The summed E-state index contributed by atoms with van der Waals surface area (Å²) in [6.07, 6.45) is 0. The third kappa shape index (κ3) is 5.05. The van der Waals surface area contributed by atoms with Gasteiger partial charge in [0.15, 0.2) is 0 Å². The maximum Gasteiger partial charge on any atom is 0.143 e. The molecule has 11 aromatic carbocycles. The molecule has 2 heteroatoms. The summed E-state index contributed by atoms with van der Waals surface area (Å²) >= 11 is 0. The first-order chi connectivity index (χ1) is 32.3. The average Bonchev–Trinajstić information content (AvgIpc) is 4.01. The number of para-hydroxylation sites is 2. The molecule has 0 saturated heterocycles. The predicted octanol–water partition coefficient (Wildman–Crippen LogP) is 17.0. The Labute approximate surface area is 376 Å². The summed E-state index contributed by atoms with van der Waals surface area (Å²) in [4.78, 5) is 2.51. The number of hydrogen-bond acceptors (Lipinski definition) is 2. The van der Waals surface area contributed by atoms with Crippen molar-refractivity contribution in [1.29, 1.82) is 0 Å². The Balaban J connectivity index is 1.03. The molecule has 2 aliphatic rings. The number of hydrogen-bond donors (Lipinski definition) is 0. The smallest absolute Gasteiger partial charge is 0.143 e. The van der Waals surface area contributed by atoms with Crippen molar-refractivity contribution < 1.29 is 4.42 Å². The van der Waals surface area contributed by atoms with Gasteiger partial charge in [-0.3, -0.25) is 0 Å². The Hall–Kier alpha value is -8.46. The zero-order valence-corrected chi connectivity index (χ0v) is 35.4. The van der Waals surface area contributed by atoms with Crippen LogP contribution >= 0.6 is 0 Å². The Morgan fingerprint density at radius 3 is 1.66 bits per heavy atom. The monoisotopic (exact) mass is 825 g/mol. The van der Waals surface area contributed by atoms with Crippen molar-refractivity contribution in [3.8, 4) is 44.5 Å². The number of nitrogens with zero attached hydrogens (tertiary/aromatic N) is 1. The standard InChI is InChI=1S/C63H39NO/c1-2-17-45-40(15-1)16-13-23-46(45)41-33-36-44(37-34-41)64(58-28-11-6-18-47(58)43-32-31-42-35-38-51-50-21-7-12-30-60(50)65-62(51)53(42)39-43)59-29-14-27-57-61(59)52-22-5-10-26-56(52)63(57)54-24-8-3-19-48(54)49-20-4-9-25-55(49)63/h1-39H. The van der Waals surface area contributed by atoms with Crippen LogP contribution < -0.4 is 4.90 Å². The van der Waals surface area contributed by atoms with E-state index in [2.05, 4.69) is 235 Å². The fourth-order valence-electron chi connectivity index (χ4n) is 11.6. The zero-order chi connectivity index (χ0) is 42.6. The molecule has 0 radical (unpaired) electrons. The van der Waals surface area contributed by atoms with Crippen LogP contribution in [0, 0.1) is 0 Å². The molecule has 12 aromatic rings. The molecular formula is C63H39NO. The summed E-state index contributed by atoms with van der Waals surface area (Å²) in [6.45, 7) is 0. The van der Waals surface area contributed by atoms with E-state index in [9.17, 15) is 0 Å². The van der Waals surface area contributed by atoms with E-state index >= 15 is 0 Å². The molecule has 2 aliphatic carbocycles. The first kappa shape index (κ1) is 36.1. The van der Waals surface area contributed by atoms with Gasteiger partial charge in [-0.1, -0.05) is 194 Å². The topological polar surface area (TPSA) is 16.4 Å². The van der Waals surface area contributed by atoms with E-state index in [4.69, 9.17) is 4.42 Å². The van der Waals surface area contributed by atoms with Crippen LogP contribution in [0.25, 0.3) is 88.0 Å². The van der Waals surface area contributed by atoms with E-state index in [0.717, 1.165) is 60.9 Å². The van der Waals surface area contributed by atoms with Crippen LogP contribution in [0.4, 0.5) is 17.1 Å². The number of fused-ring (bicyclic) bond motifs is 16. The molecule has 0 aliphatic heterocycles. The molecule has 302 valence electrons. The second-order valence-corrected chi connectivity index (χ2v) is 17.5. The van der Waals surface area contributed by atoms with Crippen LogP contribution in [0.3, 0.4) is 0 Å². The quantitative estimate of drug-likeness (QED) is 0.172. The lowest BCUT2D eigenvalue weighted by atomic mass is 9.70. The maximum absolute atomic E-state index is 6.62. The van der Waals surface area contributed by atoms with Crippen LogP contribution in [0.2, 0.25) is 0 Å². The van der Waals surface area contributed by atoms with Gasteiger partial charge in [0, 0.05) is 33.0 Å². The maximum atomic E-state index is 6.62. The molecule has 0 saturated carbocycles. The average molecular weight is 826 g/mol. The normalized spacial score (nSPS) is 13.0. The Morgan fingerprint density at radius 2 is 0.862 bits per heavy atom. The van der Waals surface area contributed by atoms with Gasteiger partial charge in [-0.05, 0) is 114 Å². The van der Waals surface area contributed by atoms with Crippen molar-refractivity contribution in [1.82, 2.24) is 0 Å². The van der Waals surface area contributed by atoms with Gasteiger partial charge in [-0.15, -0.1) is 0 Å².